The number of anilines is 4. The lowest BCUT2D eigenvalue weighted by Gasteiger charge is -2.36. The van der Waals surface area contributed by atoms with Gasteiger partial charge in [-0.1, -0.05) is 69.2 Å². The van der Waals surface area contributed by atoms with Gasteiger partial charge in [0.25, 0.3) is 0 Å². The van der Waals surface area contributed by atoms with Gasteiger partial charge in [-0.25, -0.2) is 4.98 Å². The van der Waals surface area contributed by atoms with Gasteiger partial charge < -0.3 is 20.7 Å². The lowest BCUT2D eigenvalue weighted by atomic mass is 10.1. The van der Waals surface area contributed by atoms with E-state index >= 15 is 0 Å². The number of thiazole rings is 1. The Morgan fingerprint density at radius 3 is 2.32 bits per heavy atom. The van der Waals surface area contributed by atoms with Crippen LogP contribution in [-0.4, -0.2) is 62.1 Å². The number of nitrogens with zero attached hydrogens (tertiary/aromatic N) is 3. The molecular formula is C29H43N5O2S. The molecule has 4 rings (SSSR count). The molecule has 2 aromatic carbocycles. The second kappa shape index (κ2) is 16.0. The Labute approximate surface area is 226 Å². The molecule has 1 saturated heterocycles. The normalized spacial score (nSPS) is 13.2. The molecule has 3 N–H and O–H groups in total. The number of ether oxygens (including phenoxy) is 1. The number of carbonyl (C=O) groups is 1. The molecular weight excluding hydrogens is 482 g/mol. The zero-order chi connectivity index (χ0) is 27.2. The molecule has 37 heavy (non-hydrogen) atoms. The number of aromatic nitrogens is 1. The molecule has 0 atom stereocenters. The van der Waals surface area contributed by atoms with Gasteiger partial charge in [-0.15, -0.1) is 0 Å². The molecule has 1 aromatic heterocycles. The van der Waals surface area contributed by atoms with Crippen LogP contribution >= 0.6 is 11.3 Å². The van der Waals surface area contributed by atoms with E-state index in [-0.39, 0.29) is 11.6 Å². The van der Waals surface area contributed by atoms with E-state index in [9.17, 15) is 4.79 Å². The zero-order valence-electron chi connectivity index (χ0n) is 23.2. The van der Waals surface area contributed by atoms with Crippen molar-refractivity contribution in [2.45, 2.75) is 41.0 Å². The number of piperazine rings is 1. The molecule has 7 nitrogen and oxygen atoms in total. The molecule has 1 aliphatic rings. The molecule has 0 radical (unpaired) electrons. The Morgan fingerprint density at radius 1 is 1.08 bits per heavy atom. The summed E-state index contributed by atoms with van der Waals surface area (Å²) in [6, 6.07) is 15.8. The van der Waals surface area contributed by atoms with Gasteiger partial charge >= 0.3 is 0 Å². The number of benzene rings is 2. The third-order valence-electron chi connectivity index (χ3n) is 5.61. The topological polar surface area (TPSA) is 83.7 Å². The van der Waals surface area contributed by atoms with Crippen LogP contribution in [0.15, 0.2) is 48.5 Å². The van der Waals surface area contributed by atoms with Crippen LogP contribution in [0.4, 0.5) is 22.3 Å². The van der Waals surface area contributed by atoms with Crippen molar-refractivity contribution in [3.05, 3.63) is 64.5 Å². The molecule has 2 heterocycles. The minimum atomic E-state index is -0.100. The highest BCUT2D eigenvalue weighted by molar-refractivity contribution is 7.18. The number of aryl methyl sites for hydroxylation is 1. The predicted octanol–water partition coefficient (Wildman–Crippen LogP) is 6.22. The third-order valence-corrected chi connectivity index (χ3v) is 6.59. The molecule has 1 aliphatic heterocycles. The lowest BCUT2D eigenvalue weighted by molar-refractivity contribution is 0.104. The fourth-order valence-corrected chi connectivity index (χ4v) is 4.66. The number of hydrogen-bond acceptors (Lipinski definition) is 8. The van der Waals surface area contributed by atoms with Gasteiger partial charge in [0.15, 0.2) is 5.13 Å². The van der Waals surface area contributed by atoms with Crippen molar-refractivity contribution in [2.24, 2.45) is 0 Å². The molecule has 202 valence electrons. The lowest BCUT2D eigenvalue weighted by Crippen LogP contribution is -2.47. The van der Waals surface area contributed by atoms with Gasteiger partial charge in [0, 0.05) is 56.8 Å². The van der Waals surface area contributed by atoms with Crippen LogP contribution in [0.25, 0.3) is 0 Å². The van der Waals surface area contributed by atoms with Gasteiger partial charge in [-0.2, -0.15) is 0 Å². The minimum Gasteiger partial charge on any atom is -0.383 e. The highest BCUT2D eigenvalue weighted by Crippen LogP contribution is 2.30. The Balaban J connectivity index is 0.000000898. The predicted molar refractivity (Wildman–Crippen MR) is 159 cm³/mol. The first-order chi connectivity index (χ1) is 17.9. The van der Waals surface area contributed by atoms with Crippen LogP contribution < -0.4 is 16.0 Å². The van der Waals surface area contributed by atoms with Crippen LogP contribution in [0, 0.1) is 6.92 Å². The maximum absolute atomic E-state index is 12.8. The number of nitrogens with two attached hydrogens (primary N) is 1. The van der Waals surface area contributed by atoms with E-state index < -0.39 is 0 Å². The Bertz CT molecular complexity index is 1080. The second-order valence-corrected chi connectivity index (χ2v) is 9.63. The third kappa shape index (κ3) is 9.14. The van der Waals surface area contributed by atoms with E-state index in [2.05, 4.69) is 46.1 Å². The molecule has 0 aliphatic carbocycles. The summed E-state index contributed by atoms with van der Waals surface area (Å²) in [6.07, 6.45) is 1.25. The van der Waals surface area contributed by atoms with Crippen LogP contribution in [-0.2, 0) is 4.74 Å². The first-order valence-corrected chi connectivity index (χ1v) is 14.0. The van der Waals surface area contributed by atoms with Crippen molar-refractivity contribution in [3.8, 4) is 0 Å². The van der Waals surface area contributed by atoms with E-state index in [1.165, 1.54) is 23.4 Å². The smallest absolute Gasteiger partial charge is 0.206 e. The zero-order valence-corrected chi connectivity index (χ0v) is 24.0. The summed E-state index contributed by atoms with van der Waals surface area (Å²) < 4.78 is 5.17. The van der Waals surface area contributed by atoms with Crippen LogP contribution in [0.1, 0.15) is 54.9 Å². The summed E-state index contributed by atoms with van der Waals surface area (Å²) in [5.74, 6) is 0.156. The molecule has 0 bridgehead atoms. The van der Waals surface area contributed by atoms with Gasteiger partial charge in [0.05, 0.1) is 6.61 Å². The minimum absolute atomic E-state index is 0.100. The molecule has 8 heteroatoms. The number of nitrogen functional groups attached to an aromatic ring is 1. The first kappa shape index (κ1) is 30.3. The summed E-state index contributed by atoms with van der Waals surface area (Å²) >= 11 is 1.28. The summed E-state index contributed by atoms with van der Waals surface area (Å²) in [5.41, 5.74) is 9.83. The molecule has 1 fully saturated rings. The maximum atomic E-state index is 12.8. The first-order valence-electron chi connectivity index (χ1n) is 13.2. The van der Waals surface area contributed by atoms with Crippen LogP contribution in [0.2, 0.25) is 0 Å². The van der Waals surface area contributed by atoms with Crippen LogP contribution in [0.5, 0.6) is 0 Å². The number of carbonyl (C=O) groups excluding carboxylic acids is 1. The van der Waals surface area contributed by atoms with Crippen molar-refractivity contribution < 1.29 is 9.53 Å². The van der Waals surface area contributed by atoms with Gasteiger partial charge in [0.2, 0.25) is 5.78 Å². The quantitative estimate of drug-likeness (QED) is 0.338. The number of methoxy groups -OCH3 is 1. The van der Waals surface area contributed by atoms with Crippen molar-refractivity contribution >= 4 is 39.4 Å². The van der Waals surface area contributed by atoms with Gasteiger partial charge in [0.1, 0.15) is 10.7 Å². The standard InChI is InChI=1S/C24H29N5O2S.C3H8.C2H6/c1-17-4-3-5-18(16-17)21(30)22-23(25)27-24(32-22)26-19-6-8-20(9-7-19)29-12-10-28(11-13-29)14-15-31-2;1-3-2;1-2/h3-9,16H,10-15,25H2,1-2H3,(H,26,27);3H2,1-2H3;1-2H3. The largest absolute Gasteiger partial charge is 0.383 e. The van der Waals surface area contributed by atoms with E-state index in [4.69, 9.17) is 10.5 Å². The van der Waals surface area contributed by atoms with Gasteiger partial charge in [-0.3, -0.25) is 9.69 Å². The Kier molecular flexibility index (Phi) is 13.1. The second-order valence-electron chi connectivity index (χ2n) is 8.63. The van der Waals surface area contributed by atoms with E-state index in [0.717, 1.165) is 50.6 Å². The summed E-state index contributed by atoms with van der Waals surface area (Å²) in [6.45, 7) is 16.1. The molecule has 0 saturated carbocycles. The number of nitrogens with one attached hydrogen (secondary N) is 1. The molecule has 0 amide bonds. The number of rotatable bonds is 8. The maximum Gasteiger partial charge on any atom is 0.206 e. The van der Waals surface area contributed by atoms with Crippen molar-refractivity contribution in [2.75, 3.05) is 62.4 Å². The average Bonchev–Trinajstić information content (AvgIpc) is 3.29. The van der Waals surface area contributed by atoms with Gasteiger partial charge in [-0.05, 0) is 37.3 Å². The van der Waals surface area contributed by atoms with Crippen LogP contribution in [0.3, 0.4) is 0 Å². The summed E-state index contributed by atoms with van der Waals surface area (Å²) in [7, 11) is 1.74. The van der Waals surface area contributed by atoms with E-state index in [1.54, 1.807) is 13.2 Å². The monoisotopic (exact) mass is 525 g/mol. The Hall–Kier alpha value is -2.94. The highest BCUT2D eigenvalue weighted by atomic mass is 32.1. The number of ketones is 1. The SMILES string of the molecule is CC.CCC.COCCN1CCN(c2ccc(Nc3nc(N)c(C(=O)c4cccc(C)c4)s3)cc2)CC1. The number of hydrogen-bond donors (Lipinski definition) is 2. The Morgan fingerprint density at radius 2 is 1.73 bits per heavy atom. The van der Waals surface area contributed by atoms with E-state index in [1.807, 2.05) is 51.1 Å². The molecule has 0 unspecified atom stereocenters. The van der Waals surface area contributed by atoms with Crippen molar-refractivity contribution in [1.29, 1.82) is 0 Å². The molecule has 3 aromatic rings. The molecule has 0 spiro atoms. The highest BCUT2D eigenvalue weighted by Gasteiger charge is 2.19. The fourth-order valence-electron chi connectivity index (χ4n) is 3.79. The fraction of sp³-hybridized carbons (Fsp3) is 0.448. The van der Waals surface area contributed by atoms with Crippen molar-refractivity contribution in [1.82, 2.24) is 9.88 Å². The summed E-state index contributed by atoms with van der Waals surface area (Å²) in [5, 5.41) is 3.89. The van der Waals surface area contributed by atoms with E-state index in [0.29, 0.717) is 15.6 Å². The van der Waals surface area contributed by atoms with Crippen molar-refractivity contribution in [3.63, 3.8) is 0 Å². The summed E-state index contributed by atoms with van der Waals surface area (Å²) in [4.78, 5) is 22.5. The average molecular weight is 526 g/mol.